The molecule has 0 aliphatic heterocycles. The number of rotatable bonds is 5. The second kappa shape index (κ2) is 7.04. The minimum atomic E-state index is -0.388. The highest BCUT2D eigenvalue weighted by atomic mass is 35.5. The van der Waals surface area contributed by atoms with Crippen LogP contribution in [0.2, 0.25) is 5.02 Å². The van der Waals surface area contributed by atoms with Gasteiger partial charge in [0.2, 0.25) is 0 Å². The van der Waals surface area contributed by atoms with E-state index >= 15 is 0 Å². The molecule has 0 aromatic heterocycles. The van der Waals surface area contributed by atoms with Crippen LogP contribution in [0.5, 0.6) is 0 Å². The Morgan fingerprint density at radius 3 is 2.65 bits per heavy atom. The van der Waals surface area contributed by atoms with Crippen LogP contribution in [0.15, 0.2) is 47.4 Å². The van der Waals surface area contributed by atoms with Crippen molar-refractivity contribution in [1.29, 1.82) is 0 Å². The smallest absolute Gasteiger partial charge is 0.136 e. The molecule has 3 N–H and O–H groups in total. The fourth-order valence-electron chi connectivity index (χ4n) is 1.74. The lowest BCUT2D eigenvalue weighted by Crippen LogP contribution is -2.30. The van der Waals surface area contributed by atoms with Crippen LogP contribution in [0, 0.1) is 11.6 Å². The molecule has 20 heavy (non-hydrogen) atoms. The molecule has 0 spiro atoms. The molecule has 1 unspecified atom stereocenters. The van der Waals surface area contributed by atoms with Crippen LogP contribution in [0.25, 0.3) is 0 Å². The minimum Gasteiger partial charge on any atom is -0.271 e. The molecule has 0 saturated heterocycles. The normalized spacial score (nSPS) is 12.4. The molecule has 2 nitrogen and oxygen atoms in total. The summed E-state index contributed by atoms with van der Waals surface area (Å²) in [6, 6.07) is 10.2. The summed E-state index contributed by atoms with van der Waals surface area (Å²) in [6.45, 7) is 0. The maximum atomic E-state index is 13.5. The van der Waals surface area contributed by atoms with Gasteiger partial charge in [-0.1, -0.05) is 23.7 Å². The van der Waals surface area contributed by atoms with Crippen LogP contribution >= 0.6 is 23.4 Å². The van der Waals surface area contributed by atoms with Gasteiger partial charge in [0.05, 0.1) is 6.04 Å². The van der Waals surface area contributed by atoms with Crippen molar-refractivity contribution < 1.29 is 8.78 Å². The lowest BCUT2D eigenvalue weighted by Gasteiger charge is -2.17. The molecular weight excluding hydrogens is 302 g/mol. The van der Waals surface area contributed by atoms with Crippen molar-refractivity contribution in [3.8, 4) is 0 Å². The van der Waals surface area contributed by atoms with E-state index in [0.717, 1.165) is 0 Å². The number of hydrogen-bond donors (Lipinski definition) is 2. The summed E-state index contributed by atoms with van der Waals surface area (Å²) in [5.41, 5.74) is 3.14. The van der Waals surface area contributed by atoms with Gasteiger partial charge < -0.3 is 0 Å². The van der Waals surface area contributed by atoms with Crippen molar-refractivity contribution in [2.24, 2.45) is 5.84 Å². The third-order valence-corrected chi connectivity index (χ3v) is 4.26. The van der Waals surface area contributed by atoms with E-state index in [4.69, 9.17) is 17.4 Å². The van der Waals surface area contributed by atoms with E-state index in [0.29, 0.717) is 21.2 Å². The molecule has 0 aliphatic carbocycles. The SMILES string of the molecule is NNC(CSc1ccccc1F)c1cc(F)ccc1Cl. The predicted molar refractivity (Wildman–Crippen MR) is 78.6 cm³/mol. The first-order valence-electron chi connectivity index (χ1n) is 5.90. The van der Waals surface area contributed by atoms with Gasteiger partial charge >= 0.3 is 0 Å². The molecule has 0 heterocycles. The lowest BCUT2D eigenvalue weighted by molar-refractivity contribution is 0.588. The molecule has 0 aliphatic rings. The Bertz CT molecular complexity index is 595. The Balaban J connectivity index is 2.13. The summed E-state index contributed by atoms with van der Waals surface area (Å²) in [7, 11) is 0. The van der Waals surface area contributed by atoms with Gasteiger partial charge in [-0.2, -0.15) is 0 Å². The topological polar surface area (TPSA) is 38.0 Å². The molecular formula is C14H13ClF2N2S. The summed E-state index contributed by atoms with van der Waals surface area (Å²) in [6.07, 6.45) is 0. The van der Waals surface area contributed by atoms with Gasteiger partial charge in [0.15, 0.2) is 0 Å². The number of benzene rings is 2. The van der Waals surface area contributed by atoms with Crippen LogP contribution in [0.3, 0.4) is 0 Å². The van der Waals surface area contributed by atoms with Gasteiger partial charge in [-0.15, -0.1) is 11.8 Å². The van der Waals surface area contributed by atoms with Crippen molar-refractivity contribution in [1.82, 2.24) is 5.43 Å². The van der Waals surface area contributed by atoms with Gasteiger partial charge in [-0.3, -0.25) is 11.3 Å². The maximum absolute atomic E-state index is 13.5. The summed E-state index contributed by atoms with van der Waals surface area (Å²) in [5, 5.41) is 0.420. The monoisotopic (exact) mass is 314 g/mol. The van der Waals surface area contributed by atoms with E-state index in [-0.39, 0.29) is 17.7 Å². The van der Waals surface area contributed by atoms with Crippen molar-refractivity contribution in [2.75, 3.05) is 5.75 Å². The summed E-state index contributed by atoms with van der Waals surface area (Å²) in [5.74, 6) is 5.24. The molecule has 0 saturated carbocycles. The highest BCUT2D eigenvalue weighted by molar-refractivity contribution is 7.99. The third-order valence-electron chi connectivity index (χ3n) is 2.78. The average molecular weight is 315 g/mol. The number of nitrogens with one attached hydrogen (secondary N) is 1. The molecule has 0 fully saturated rings. The highest BCUT2D eigenvalue weighted by Crippen LogP contribution is 2.30. The highest BCUT2D eigenvalue weighted by Gasteiger charge is 2.15. The van der Waals surface area contributed by atoms with Crippen molar-refractivity contribution in [3.05, 3.63) is 64.7 Å². The molecule has 2 aromatic rings. The van der Waals surface area contributed by atoms with Crippen molar-refractivity contribution >= 4 is 23.4 Å². The molecule has 1 atom stereocenters. The number of nitrogens with two attached hydrogens (primary N) is 1. The van der Waals surface area contributed by atoms with E-state index in [1.165, 1.54) is 36.0 Å². The summed E-state index contributed by atoms with van der Waals surface area (Å²) >= 11 is 7.33. The average Bonchev–Trinajstić information content (AvgIpc) is 2.45. The van der Waals surface area contributed by atoms with Crippen molar-refractivity contribution in [3.63, 3.8) is 0 Å². The van der Waals surface area contributed by atoms with E-state index in [1.807, 2.05) is 0 Å². The summed E-state index contributed by atoms with van der Waals surface area (Å²) in [4.78, 5) is 0.514. The zero-order valence-electron chi connectivity index (χ0n) is 10.4. The summed E-state index contributed by atoms with van der Waals surface area (Å²) < 4.78 is 26.8. The molecule has 6 heteroatoms. The lowest BCUT2D eigenvalue weighted by atomic mass is 10.1. The van der Waals surface area contributed by atoms with Gasteiger partial charge in [-0.25, -0.2) is 8.78 Å². The number of hydrazine groups is 1. The number of hydrogen-bond acceptors (Lipinski definition) is 3. The molecule has 2 rings (SSSR count). The number of halogens is 3. The van der Waals surface area contributed by atoms with Crippen LogP contribution in [-0.2, 0) is 0 Å². The van der Waals surface area contributed by atoms with Gasteiger partial charge in [0, 0.05) is 15.7 Å². The van der Waals surface area contributed by atoms with Gasteiger partial charge in [0.25, 0.3) is 0 Å². The first-order valence-corrected chi connectivity index (χ1v) is 7.26. The van der Waals surface area contributed by atoms with Crippen LogP contribution in [0.4, 0.5) is 8.78 Å². The fraction of sp³-hybridized carbons (Fsp3) is 0.143. The Morgan fingerprint density at radius 2 is 1.95 bits per heavy atom. The fourth-order valence-corrected chi connectivity index (χ4v) is 3.00. The second-order valence-corrected chi connectivity index (χ2v) is 5.60. The van der Waals surface area contributed by atoms with E-state index in [9.17, 15) is 8.78 Å². The predicted octanol–water partition coefficient (Wildman–Crippen LogP) is 3.91. The molecule has 0 radical (unpaired) electrons. The Labute approximate surface area is 125 Å². The van der Waals surface area contributed by atoms with E-state index in [1.54, 1.807) is 18.2 Å². The molecule has 0 bridgehead atoms. The Morgan fingerprint density at radius 1 is 1.20 bits per heavy atom. The van der Waals surface area contributed by atoms with E-state index in [2.05, 4.69) is 5.43 Å². The Kier molecular flexibility index (Phi) is 5.37. The largest absolute Gasteiger partial charge is 0.271 e. The van der Waals surface area contributed by atoms with Gasteiger partial charge in [-0.05, 0) is 35.9 Å². The molecule has 2 aromatic carbocycles. The van der Waals surface area contributed by atoms with Crippen LogP contribution in [0.1, 0.15) is 11.6 Å². The number of thioether (sulfide) groups is 1. The van der Waals surface area contributed by atoms with Gasteiger partial charge in [0.1, 0.15) is 11.6 Å². The van der Waals surface area contributed by atoms with Crippen LogP contribution < -0.4 is 11.3 Å². The quantitative estimate of drug-likeness (QED) is 0.499. The zero-order valence-corrected chi connectivity index (χ0v) is 12.0. The third kappa shape index (κ3) is 3.70. The van der Waals surface area contributed by atoms with E-state index < -0.39 is 0 Å². The molecule has 106 valence electrons. The first kappa shape index (κ1) is 15.3. The van der Waals surface area contributed by atoms with Crippen LogP contribution in [-0.4, -0.2) is 5.75 Å². The zero-order chi connectivity index (χ0) is 14.5. The standard InChI is InChI=1S/C14H13ClF2N2S/c15-11-6-5-9(16)7-10(11)13(19-18)8-20-14-4-2-1-3-12(14)17/h1-7,13,19H,8,18H2. The first-order chi connectivity index (χ1) is 9.61. The minimum absolute atomic E-state index is 0.293. The van der Waals surface area contributed by atoms with Crippen molar-refractivity contribution in [2.45, 2.75) is 10.9 Å². The Hall–Kier alpha value is -1.14. The second-order valence-electron chi connectivity index (χ2n) is 4.13. The maximum Gasteiger partial charge on any atom is 0.136 e. The molecule has 0 amide bonds.